The Kier molecular flexibility index (Phi) is 3.25. The molecule has 0 bridgehead atoms. The first-order chi connectivity index (χ1) is 7.91. The number of halogens is 3. The van der Waals surface area contributed by atoms with E-state index in [1.807, 2.05) is 0 Å². The summed E-state index contributed by atoms with van der Waals surface area (Å²) in [5.74, 6) is 0.552. The molecule has 0 atom stereocenters. The molecule has 0 aliphatic carbocycles. The van der Waals surface area contributed by atoms with Crippen molar-refractivity contribution in [1.82, 2.24) is 0 Å². The molecule has 6 heteroatoms. The Bertz CT molecular complexity index is 613. The van der Waals surface area contributed by atoms with Crippen molar-refractivity contribution in [3.05, 3.63) is 40.2 Å². The number of methoxy groups -OCH3 is 1. The van der Waals surface area contributed by atoms with Gasteiger partial charge in [-0.15, -0.1) is 0 Å². The van der Waals surface area contributed by atoms with Crippen molar-refractivity contribution in [3.8, 4) is 5.75 Å². The summed E-state index contributed by atoms with van der Waals surface area (Å²) in [6, 6.07) is 5.99. The summed E-state index contributed by atoms with van der Waals surface area (Å²) >= 11 is 17.0. The fourth-order valence-electron chi connectivity index (χ4n) is 1.40. The van der Waals surface area contributed by atoms with Crippen molar-refractivity contribution >= 4 is 45.8 Å². The van der Waals surface area contributed by atoms with Gasteiger partial charge in [0.05, 0.1) is 12.5 Å². The summed E-state index contributed by atoms with van der Waals surface area (Å²) in [5.41, 5.74) is 0.0612. The zero-order valence-electron chi connectivity index (χ0n) is 8.67. The Morgan fingerprint density at radius 2 is 1.94 bits per heavy atom. The minimum atomic E-state index is -1.76. The number of alkyl halides is 3. The molecule has 17 heavy (non-hydrogen) atoms. The Morgan fingerprint density at radius 1 is 1.24 bits per heavy atom. The highest BCUT2D eigenvalue weighted by Gasteiger charge is 2.27. The molecular formula is C11H7Cl3O3. The van der Waals surface area contributed by atoms with Gasteiger partial charge in [0.25, 0.3) is 0 Å². The van der Waals surface area contributed by atoms with E-state index in [1.165, 1.54) is 7.11 Å². The molecule has 0 saturated carbocycles. The molecule has 0 saturated heterocycles. The lowest BCUT2D eigenvalue weighted by Crippen LogP contribution is -2.08. The monoisotopic (exact) mass is 292 g/mol. The van der Waals surface area contributed by atoms with Gasteiger partial charge in [0, 0.05) is 6.07 Å². The van der Waals surface area contributed by atoms with Crippen LogP contribution in [0.15, 0.2) is 33.5 Å². The molecule has 0 unspecified atom stereocenters. The van der Waals surface area contributed by atoms with E-state index in [-0.39, 0.29) is 11.2 Å². The first-order valence-electron chi connectivity index (χ1n) is 4.61. The molecule has 0 aliphatic rings. The lowest BCUT2D eigenvalue weighted by atomic mass is 10.2. The lowest BCUT2D eigenvalue weighted by Gasteiger charge is -2.10. The second kappa shape index (κ2) is 4.41. The van der Waals surface area contributed by atoms with Crippen LogP contribution in [0.2, 0.25) is 0 Å². The Hall–Kier alpha value is -0.900. The van der Waals surface area contributed by atoms with E-state index in [1.54, 1.807) is 18.2 Å². The Labute approximate surface area is 112 Å². The lowest BCUT2D eigenvalue weighted by molar-refractivity contribution is 0.415. The maximum atomic E-state index is 11.8. The molecular weight excluding hydrogens is 286 g/mol. The van der Waals surface area contributed by atoms with E-state index in [2.05, 4.69) is 0 Å². The van der Waals surface area contributed by atoms with Gasteiger partial charge in [-0.1, -0.05) is 34.8 Å². The van der Waals surface area contributed by atoms with E-state index in [0.29, 0.717) is 16.7 Å². The molecule has 0 fully saturated rings. The van der Waals surface area contributed by atoms with Gasteiger partial charge in [-0.2, -0.15) is 0 Å². The third-order valence-corrected chi connectivity index (χ3v) is 2.77. The quantitative estimate of drug-likeness (QED) is 0.754. The Balaban J connectivity index is 2.73. The number of fused-ring (bicyclic) bond motifs is 1. The zero-order chi connectivity index (χ0) is 12.6. The van der Waals surface area contributed by atoms with Gasteiger partial charge in [-0.3, -0.25) is 4.79 Å². The molecule has 1 heterocycles. The largest absolute Gasteiger partial charge is 0.497 e. The summed E-state index contributed by atoms with van der Waals surface area (Å²) in [6.45, 7) is 0. The first kappa shape index (κ1) is 12.6. The number of hydrogen-bond acceptors (Lipinski definition) is 3. The molecule has 0 radical (unpaired) electrons. The second-order valence-corrected chi connectivity index (χ2v) is 5.62. The van der Waals surface area contributed by atoms with Crippen LogP contribution < -0.4 is 10.2 Å². The fourth-order valence-corrected chi connectivity index (χ4v) is 1.68. The average molecular weight is 294 g/mol. The summed E-state index contributed by atoms with van der Waals surface area (Å²) in [4.78, 5) is 11.8. The highest BCUT2D eigenvalue weighted by atomic mass is 35.6. The standard InChI is InChI=1S/C11H7Cl3O3/c1-16-6-2-3-9-7(4-6)8(15)5-10(17-9)11(12,13)14/h2-5H,1H3. The van der Waals surface area contributed by atoms with Gasteiger partial charge in [0.1, 0.15) is 11.3 Å². The summed E-state index contributed by atoms with van der Waals surface area (Å²) in [6.07, 6.45) is 0. The summed E-state index contributed by atoms with van der Waals surface area (Å²) < 4.78 is 8.61. The second-order valence-electron chi connectivity index (χ2n) is 3.33. The zero-order valence-corrected chi connectivity index (χ0v) is 10.9. The number of hydrogen-bond donors (Lipinski definition) is 0. The SMILES string of the molecule is COc1ccc2oc(C(Cl)(Cl)Cl)cc(=O)c2c1. The van der Waals surface area contributed by atoms with Crippen LogP contribution >= 0.6 is 34.8 Å². The topological polar surface area (TPSA) is 39.4 Å². The van der Waals surface area contributed by atoms with Crippen molar-refractivity contribution in [2.75, 3.05) is 7.11 Å². The molecule has 3 nitrogen and oxygen atoms in total. The minimum Gasteiger partial charge on any atom is -0.497 e. The third kappa shape index (κ3) is 2.51. The highest BCUT2D eigenvalue weighted by Crippen LogP contribution is 2.38. The molecule has 0 aliphatic heterocycles. The minimum absolute atomic E-state index is 0.00910. The maximum absolute atomic E-state index is 11.8. The average Bonchev–Trinajstić information content (AvgIpc) is 2.27. The van der Waals surface area contributed by atoms with Gasteiger partial charge < -0.3 is 9.15 Å². The normalized spacial score (nSPS) is 11.8. The summed E-state index contributed by atoms with van der Waals surface area (Å²) in [7, 11) is 1.51. The summed E-state index contributed by atoms with van der Waals surface area (Å²) in [5, 5.41) is 0.377. The van der Waals surface area contributed by atoms with Crippen molar-refractivity contribution in [1.29, 1.82) is 0 Å². The highest BCUT2D eigenvalue weighted by molar-refractivity contribution is 6.66. The molecule has 0 amide bonds. The number of rotatable bonds is 1. The van der Waals surface area contributed by atoms with E-state index < -0.39 is 3.79 Å². The van der Waals surface area contributed by atoms with Crippen LogP contribution in [-0.4, -0.2) is 7.11 Å². The first-order valence-corrected chi connectivity index (χ1v) is 5.74. The van der Waals surface area contributed by atoms with Gasteiger partial charge in [-0.25, -0.2) is 0 Å². The van der Waals surface area contributed by atoms with E-state index in [9.17, 15) is 4.79 Å². The number of benzene rings is 1. The van der Waals surface area contributed by atoms with E-state index >= 15 is 0 Å². The van der Waals surface area contributed by atoms with Crippen molar-refractivity contribution in [3.63, 3.8) is 0 Å². The van der Waals surface area contributed by atoms with Crippen LogP contribution in [0.25, 0.3) is 11.0 Å². The van der Waals surface area contributed by atoms with Gasteiger partial charge in [0.15, 0.2) is 11.2 Å². The van der Waals surface area contributed by atoms with Crippen LogP contribution in [0.4, 0.5) is 0 Å². The predicted octanol–water partition coefficient (Wildman–Crippen LogP) is 3.63. The third-order valence-electron chi connectivity index (χ3n) is 2.21. The molecule has 1 aromatic carbocycles. The van der Waals surface area contributed by atoms with E-state index in [4.69, 9.17) is 44.0 Å². The van der Waals surface area contributed by atoms with Crippen molar-refractivity contribution in [2.24, 2.45) is 0 Å². The van der Waals surface area contributed by atoms with Crippen molar-refractivity contribution in [2.45, 2.75) is 3.79 Å². The van der Waals surface area contributed by atoms with Crippen LogP contribution in [0, 0.1) is 0 Å². The molecule has 90 valence electrons. The predicted molar refractivity (Wildman–Crippen MR) is 68.3 cm³/mol. The van der Waals surface area contributed by atoms with Gasteiger partial charge in [-0.05, 0) is 18.2 Å². The van der Waals surface area contributed by atoms with Crippen LogP contribution in [0.5, 0.6) is 5.75 Å². The smallest absolute Gasteiger partial charge is 0.248 e. The molecule has 0 N–H and O–H groups in total. The fraction of sp³-hybridized carbons (Fsp3) is 0.182. The van der Waals surface area contributed by atoms with Gasteiger partial charge in [0.2, 0.25) is 3.79 Å². The Morgan fingerprint density at radius 3 is 2.53 bits per heavy atom. The molecule has 2 rings (SSSR count). The van der Waals surface area contributed by atoms with E-state index in [0.717, 1.165) is 6.07 Å². The van der Waals surface area contributed by atoms with Crippen molar-refractivity contribution < 1.29 is 9.15 Å². The molecule has 1 aromatic heterocycles. The van der Waals surface area contributed by atoms with Gasteiger partial charge >= 0.3 is 0 Å². The molecule has 0 spiro atoms. The van der Waals surface area contributed by atoms with Crippen LogP contribution in [0.1, 0.15) is 5.76 Å². The number of ether oxygens (including phenoxy) is 1. The molecule has 2 aromatic rings. The van der Waals surface area contributed by atoms with Crippen LogP contribution in [-0.2, 0) is 3.79 Å². The van der Waals surface area contributed by atoms with Crippen LogP contribution in [0.3, 0.4) is 0 Å². The maximum Gasteiger partial charge on any atom is 0.248 e.